The van der Waals surface area contributed by atoms with Crippen LogP contribution in [0.3, 0.4) is 0 Å². The number of carboxylic acids is 1. The number of ether oxygens (including phenoxy) is 1. The van der Waals surface area contributed by atoms with E-state index in [1.807, 2.05) is 0 Å². The summed E-state index contributed by atoms with van der Waals surface area (Å²) in [6.07, 6.45) is -0.569. The standard InChI is InChI=1S/C10H10F2N2O5/c11-10(12)19-8-2-1-5(14(17)18)3-6(8)7(13)4-9(15)16/h1-3,7,10H,4,13H2,(H,15,16). The lowest BCUT2D eigenvalue weighted by Gasteiger charge is -2.14. The minimum atomic E-state index is -3.14. The lowest BCUT2D eigenvalue weighted by molar-refractivity contribution is -0.385. The van der Waals surface area contributed by atoms with Crippen LogP contribution < -0.4 is 10.5 Å². The Morgan fingerprint density at radius 1 is 1.53 bits per heavy atom. The summed E-state index contributed by atoms with van der Waals surface area (Å²) in [5.41, 5.74) is 4.97. The van der Waals surface area contributed by atoms with E-state index in [1.165, 1.54) is 0 Å². The average Bonchev–Trinajstić information content (AvgIpc) is 2.27. The summed E-state index contributed by atoms with van der Waals surface area (Å²) >= 11 is 0. The van der Waals surface area contributed by atoms with Crippen molar-refractivity contribution in [1.29, 1.82) is 0 Å². The molecule has 19 heavy (non-hydrogen) atoms. The summed E-state index contributed by atoms with van der Waals surface area (Å²) in [5, 5.41) is 19.2. The van der Waals surface area contributed by atoms with Gasteiger partial charge in [-0.05, 0) is 6.07 Å². The van der Waals surface area contributed by atoms with Crippen molar-refractivity contribution < 1.29 is 28.3 Å². The van der Waals surface area contributed by atoms with Crippen molar-refractivity contribution in [3.05, 3.63) is 33.9 Å². The van der Waals surface area contributed by atoms with Crippen molar-refractivity contribution in [1.82, 2.24) is 0 Å². The third kappa shape index (κ3) is 4.14. The Bertz CT molecular complexity index is 495. The maximum atomic E-state index is 12.2. The molecule has 1 aromatic carbocycles. The molecule has 9 heteroatoms. The van der Waals surface area contributed by atoms with Gasteiger partial charge < -0.3 is 15.6 Å². The van der Waals surface area contributed by atoms with E-state index in [0.29, 0.717) is 0 Å². The number of nitro benzene ring substituents is 1. The second-order valence-electron chi connectivity index (χ2n) is 3.56. The second-order valence-corrected chi connectivity index (χ2v) is 3.56. The number of hydrogen-bond donors (Lipinski definition) is 2. The van der Waals surface area contributed by atoms with Crippen LogP contribution in [0.25, 0.3) is 0 Å². The van der Waals surface area contributed by atoms with Crippen LogP contribution in [0, 0.1) is 10.1 Å². The Hall–Kier alpha value is -2.29. The van der Waals surface area contributed by atoms with E-state index in [9.17, 15) is 23.7 Å². The fraction of sp³-hybridized carbons (Fsp3) is 0.300. The highest BCUT2D eigenvalue weighted by Crippen LogP contribution is 2.30. The van der Waals surface area contributed by atoms with E-state index in [0.717, 1.165) is 18.2 Å². The molecule has 0 radical (unpaired) electrons. The van der Waals surface area contributed by atoms with E-state index in [2.05, 4.69) is 4.74 Å². The SMILES string of the molecule is NC(CC(=O)O)c1cc([N+](=O)[O-])ccc1OC(F)F. The third-order valence-electron chi connectivity index (χ3n) is 2.21. The number of aliphatic carboxylic acids is 1. The lowest BCUT2D eigenvalue weighted by Crippen LogP contribution is -2.17. The zero-order valence-electron chi connectivity index (χ0n) is 9.45. The maximum Gasteiger partial charge on any atom is 0.387 e. The number of halogens is 2. The Morgan fingerprint density at radius 2 is 2.16 bits per heavy atom. The topological polar surface area (TPSA) is 116 Å². The van der Waals surface area contributed by atoms with Crippen LogP contribution in [0.2, 0.25) is 0 Å². The van der Waals surface area contributed by atoms with Crippen molar-refractivity contribution in [2.75, 3.05) is 0 Å². The number of nitro groups is 1. The second kappa shape index (κ2) is 6.05. The molecule has 104 valence electrons. The Balaban J connectivity index is 3.16. The molecule has 0 amide bonds. The molecule has 0 aliphatic heterocycles. The molecule has 0 aliphatic rings. The molecule has 0 fully saturated rings. The van der Waals surface area contributed by atoms with E-state index < -0.39 is 35.7 Å². The lowest BCUT2D eigenvalue weighted by atomic mass is 10.0. The monoisotopic (exact) mass is 276 g/mol. The van der Waals surface area contributed by atoms with Gasteiger partial charge in [-0.3, -0.25) is 14.9 Å². The molecule has 0 aliphatic carbocycles. The van der Waals surface area contributed by atoms with Gasteiger partial charge in [-0.1, -0.05) is 0 Å². The summed E-state index contributed by atoms with van der Waals surface area (Å²) in [5.74, 6) is -1.64. The average molecular weight is 276 g/mol. The first-order valence-corrected chi connectivity index (χ1v) is 5.01. The van der Waals surface area contributed by atoms with Gasteiger partial charge in [0.25, 0.3) is 5.69 Å². The first-order chi connectivity index (χ1) is 8.81. The first-order valence-electron chi connectivity index (χ1n) is 5.01. The van der Waals surface area contributed by atoms with E-state index in [4.69, 9.17) is 10.8 Å². The molecule has 0 saturated carbocycles. The van der Waals surface area contributed by atoms with Gasteiger partial charge in [-0.15, -0.1) is 0 Å². The highest BCUT2D eigenvalue weighted by atomic mass is 19.3. The number of alkyl halides is 2. The largest absolute Gasteiger partial charge is 0.481 e. The Kier molecular flexibility index (Phi) is 4.70. The predicted molar refractivity (Wildman–Crippen MR) is 58.9 cm³/mol. The molecular weight excluding hydrogens is 266 g/mol. The predicted octanol–water partition coefficient (Wildman–Crippen LogP) is 1.67. The van der Waals surface area contributed by atoms with Gasteiger partial charge >= 0.3 is 12.6 Å². The summed E-state index contributed by atoms with van der Waals surface area (Å²) in [4.78, 5) is 20.4. The van der Waals surface area contributed by atoms with Gasteiger partial charge in [0.15, 0.2) is 0 Å². The fourth-order valence-corrected chi connectivity index (χ4v) is 1.44. The summed E-state index contributed by atoms with van der Waals surface area (Å²) in [6.45, 7) is -3.14. The van der Waals surface area contributed by atoms with Gasteiger partial charge in [0.1, 0.15) is 5.75 Å². The number of rotatable bonds is 6. The Morgan fingerprint density at radius 3 is 2.63 bits per heavy atom. The fourth-order valence-electron chi connectivity index (χ4n) is 1.44. The summed E-state index contributed by atoms with van der Waals surface area (Å²) in [7, 11) is 0. The molecule has 3 N–H and O–H groups in total. The number of hydrogen-bond acceptors (Lipinski definition) is 5. The van der Waals surface area contributed by atoms with Gasteiger partial charge in [-0.2, -0.15) is 8.78 Å². The number of carbonyl (C=O) groups is 1. The van der Waals surface area contributed by atoms with Gasteiger partial charge in [0.2, 0.25) is 0 Å². The van der Waals surface area contributed by atoms with E-state index in [-0.39, 0.29) is 11.3 Å². The number of nitrogens with zero attached hydrogens (tertiary/aromatic N) is 1. The summed E-state index contributed by atoms with van der Waals surface area (Å²) < 4.78 is 28.5. The van der Waals surface area contributed by atoms with Gasteiger partial charge in [0, 0.05) is 23.7 Å². The number of nitrogens with two attached hydrogens (primary N) is 1. The summed E-state index contributed by atoms with van der Waals surface area (Å²) in [6, 6.07) is 1.66. The quantitative estimate of drug-likeness (QED) is 0.603. The zero-order chi connectivity index (χ0) is 14.6. The minimum absolute atomic E-state index is 0.156. The molecule has 1 atom stereocenters. The Labute approximate surface area is 105 Å². The number of non-ortho nitro benzene ring substituents is 1. The van der Waals surface area contributed by atoms with Crippen molar-refractivity contribution in [2.24, 2.45) is 5.73 Å². The normalized spacial score (nSPS) is 12.2. The van der Waals surface area contributed by atoms with Crippen molar-refractivity contribution in [3.63, 3.8) is 0 Å². The highest BCUT2D eigenvalue weighted by molar-refractivity contribution is 5.68. The third-order valence-corrected chi connectivity index (χ3v) is 2.21. The van der Waals surface area contributed by atoms with Crippen LogP contribution >= 0.6 is 0 Å². The molecule has 0 spiro atoms. The van der Waals surface area contributed by atoms with E-state index >= 15 is 0 Å². The molecule has 0 bridgehead atoms. The van der Waals surface area contributed by atoms with Crippen molar-refractivity contribution in [3.8, 4) is 5.75 Å². The van der Waals surface area contributed by atoms with Crippen LogP contribution in [0.4, 0.5) is 14.5 Å². The molecule has 0 saturated heterocycles. The van der Waals surface area contributed by atoms with Crippen molar-refractivity contribution >= 4 is 11.7 Å². The molecule has 0 aromatic heterocycles. The zero-order valence-corrected chi connectivity index (χ0v) is 9.45. The molecule has 1 unspecified atom stereocenters. The maximum absolute atomic E-state index is 12.2. The molecule has 1 aromatic rings. The van der Waals surface area contributed by atoms with Crippen LogP contribution in [0.15, 0.2) is 18.2 Å². The van der Waals surface area contributed by atoms with Crippen LogP contribution in [0.5, 0.6) is 5.75 Å². The van der Waals surface area contributed by atoms with Crippen LogP contribution in [0.1, 0.15) is 18.0 Å². The molecule has 1 rings (SSSR count). The van der Waals surface area contributed by atoms with Gasteiger partial charge in [-0.25, -0.2) is 0 Å². The van der Waals surface area contributed by atoms with Crippen molar-refractivity contribution in [2.45, 2.75) is 19.1 Å². The van der Waals surface area contributed by atoms with E-state index in [1.54, 1.807) is 0 Å². The highest BCUT2D eigenvalue weighted by Gasteiger charge is 2.21. The number of benzene rings is 1. The molecule has 0 heterocycles. The van der Waals surface area contributed by atoms with Crippen LogP contribution in [-0.2, 0) is 4.79 Å². The minimum Gasteiger partial charge on any atom is -0.481 e. The van der Waals surface area contributed by atoms with Gasteiger partial charge in [0.05, 0.1) is 11.3 Å². The first kappa shape index (κ1) is 14.8. The molecular formula is C10H10F2N2O5. The number of carboxylic acid groups (broad SMARTS) is 1. The molecule has 7 nitrogen and oxygen atoms in total. The smallest absolute Gasteiger partial charge is 0.387 e. The van der Waals surface area contributed by atoms with Crippen LogP contribution in [-0.4, -0.2) is 22.6 Å².